The molecule has 0 saturated carbocycles. The predicted molar refractivity (Wildman–Crippen MR) is 291 cm³/mol. The van der Waals surface area contributed by atoms with Crippen molar-refractivity contribution in [1.29, 1.82) is 0 Å². The van der Waals surface area contributed by atoms with Crippen molar-refractivity contribution in [2.24, 2.45) is 0 Å². The third-order valence-electron chi connectivity index (χ3n) is 13.8. The van der Waals surface area contributed by atoms with E-state index in [2.05, 4.69) is 264 Å². The second kappa shape index (κ2) is 17.7. The van der Waals surface area contributed by atoms with Crippen LogP contribution in [-0.2, 0) is 0 Å². The van der Waals surface area contributed by atoms with Crippen LogP contribution in [0.1, 0.15) is 76.0 Å². The van der Waals surface area contributed by atoms with E-state index in [4.69, 9.17) is 4.42 Å². The van der Waals surface area contributed by atoms with Gasteiger partial charge >= 0.3 is 0 Å². The highest BCUT2D eigenvalue weighted by molar-refractivity contribution is 6.14. The summed E-state index contributed by atoms with van der Waals surface area (Å²) in [6.45, 7) is 13.5. The number of para-hydroxylation sites is 1. The van der Waals surface area contributed by atoms with Crippen molar-refractivity contribution in [3.63, 3.8) is 0 Å². The standard InChI is InChI=1S/C65H56N2O/c1-42(2)45-21-28-54(29-22-45)66(62-20-14-13-19-58(62)47-15-9-7-10-16-47)56-32-25-50-37-60-61-38-51-26-33-57(36-53(51)41-65(61)68-64(60)40-52(50)35-56)67(55-30-23-46(24-31-55)43(3)4)63-39-49(44(5)6)27-34-59(63)48-17-11-8-12-18-48/h7-44H,1-6H3. The van der Waals surface area contributed by atoms with E-state index in [0.29, 0.717) is 17.8 Å². The summed E-state index contributed by atoms with van der Waals surface area (Å²) in [7, 11) is 0. The highest BCUT2D eigenvalue weighted by atomic mass is 16.3. The van der Waals surface area contributed by atoms with Crippen molar-refractivity contribution in [3.8, 4) is 22.3 Å². The van der Waals surface area contributed by atoms with Gasteiger partial charge < -0.3 is 14.2 Å². The molecule has 3 nitrogen and oxygen atoms in total. The molecular weight excluding hydrogens is 825 g/mol. The van der Waals surface area contributed by atoms with Gasteiger partial charge in [0.05, 0.1) is 11.4 Å². The first-order valence-electron chi connectivity index (χ1n) is 24.1. The first-order chi connectivity index (χ1) is 33.2. The molecule has 0 saturated heterocycles. The molecule has 0 bridgehead atoms. The third-order valence-corrected chi connectivity index (χ3v) is 13.8. The Labute approximate surface area is 400 Å². The molecule has 0 amide bonds. The molecule has 0 N–H and O–H groups in total. The molecule has 0 radical (unpaired) electrons. The molecule has 1 aromatic heterocycles. The predicted octanol–water partition coefficient (Wildman–Crippen LogP) is 19.5. The molecule has 0 aliphatic heterocycles. The fourth-order valence-corrected chi connectivity index (χ4v) is 9.87. The number of hydrogen-bond donors (Lipinski definition) is 0. The van der Waals surface area contributed by atoms with Crippen molar-refractivity contribution in [2.45, 2.75) is 59.3 Å². The minimum Gasteiger partial charge on any atom is -0.456 e. The molecule has 11 aromatic rings. The van der Waals surface area contributed by atoms with Crippen molar-refractivity contribution >= 4 is 77.6 Å². The van der Waals surface area contributed by atoms with Crippen LogP contribution in [0.4, 0.5) is 34.1 Å². The SMILES string of the molecule is CC(C)c1ccc(N(c2ccc3cc4c(cc3c2)oc2cc3cc(N(c5ccc(C(C)C)cc5)c5cc(C(C)C)ccc5-c5ccccc5)ccc3cc24)c2ccccc2-c2ccccc2)cc1. The van der Waals surface area contributed by atoms with Gasteiger partial charge in [-0.2, -0.15) is 0 Å². The number of anilines is 6. The molecule has 332 valence electrons. The second-order valence-electron chi connectivity index (χ2n) is 19.2. The van der Waals surface area contributed by atoms with E-state index in [1.165, 1.54) is 49.7 Å². The van der Waals surface area contributed by atoms with Crippen LogP contribution in [0.2, 0.25) is 0 Å². The van der Waals surface area contributed by atoms with Gasteiger partial charge in [-0.25, -0.2) is 0 Å². The second-order valence-corrected chi connectivity index (χ2v) is 19.2. The van der Waals surface area contributed by atoms with Gasteiger partial charge in [-0.3, -0.25) is 0 Å². The highest BCUT2D eigenvalue weighted by Gasteiger charge is 2.22. The Bertz CT molecular complexity index is 3590. The Morgan fingerprint density at radius 3 is 1.21 bits per heavy atom. The molecule has 11 rings (SSSR count). The van der Waals surface area contributed by atoms with E-state index in [9.17, 15) is 0 Å². The largest absolute Gasteiger partial charge is 0.456 e. The lowest BCUT2D eigenvalue weighted by atomic mass is 9.95. The van der Waals surface area contributed by atoms with E-state index >= 15 is 0 Å². The van der Waals surface area contributed by atoms with Crippen LogP contribution in [0.5, 0.6) is 0 Å². The monoisotopic (exact) mass is 880 g/mol. The first-order valence-corrected chi connectivity index (χ1v) is 24.1. The molecule has 0 atom stereocenters. The fraction of sp³-hybridized carbons (Fsp3) is 0.138. The summed E-state index contributed by atoms with van der Waals surface area (Å²) in [5, 5.41) is 6.83. The van der Waals surface area contributed by atoms with E-state index in [1.807, 2.05) is 0 Å². The normalized spacial score (nSPS) is 11.8. The van der Waals surface area contributed by atoms with Crippen LogP contribution in [0.15, 0.2) is 217 Å². The number of hydrogen-bond acceptors (Lipinski definition) is 3. The van der Waals surface area contributed by atoms with Crippen molar-refractivity contribution in [1.82, 2.24) is 0 Å². The Kier molecular flexibility index (Phi) is 11.1. The zero-order valence-corrected chi connectivity index (χ0v) is 39.7. The van der Waals surface area contributed by atoms with E-state index in [1.54, 1.807) is 0 Å². The first kappa shape index (κ1) is 42.7. The Hall–Kier alpha value is -7.88. The average Bonchev–Trinajstić information content (AvgIpc) is 3.71. The van der Waals surface area contributed by atoms with Gasteiger partial charge in [0.2, 0.25) is 0 Å². The van der Waals surface area contributed by atoms with Crippen LogP contribution in [0, 0.1) is 0 Å². The van der Waals surface area contributed by atoms with Crippen molar-refractivity contribution in [3.05, 3.63) is 229 Å². The molecule has 1 heterocycles. The van der Waals surface area contributed by atoms with Crippen molar-refractivity contribution in [2.75, 3.05) is 9.80 Å². The molecule has 0 fully saturated rings. The van der Waals surface area contributed by atoms with Gasteiger partial charge in [-0.15, -0.1) is 0 Å². The molecule has 10 aromatic carbocycles. The zero-order chi connectivity index (χ0) is 46.5. The molecule has 0 aliphatic carbocycles. The van der Waals surface area contributed by atoms with Gasteiger partial charge in [0, 0.05) is 44.6 Å². The molecule has 0 unspecified atom stereocenters. The van der Waals surface area contributed by atoms with Crippen LogP contribution in [0.3, 0.4) is 0 Å². The Balaban J connectivity index is 1.04. The Morgan fingerprint density at radius 2 is 0.721 bits per heavy atom. The van der Waals surface area contributed by atoms with E-state index in [-0.39, 0.29) is 0 Å². The quantitative estimate of drug-likeness (QED) is 0.129. The van der Waals surface area contributed by atoms with Crippen molar-refractivity contribution < 1.29 is 4.42 Å². The summed E-state index contributed by atoms with van der Waals surface area (Å²) in [5.41, 5.74) is 17.2. The summed E-state index contributed by atoms with van der Waals surface area (Å²) in [6.07, 6.45) is 0. The molecule has 0 aliphatic rings. The van der Waals surface area contributed by atoms with Crippen LogP contribution in [0.25, 0.3) is 65.7 Å². The fourth-order valence-electron chi connectivity index (χ4n) is 9.87. The minimum absolute atomic E-state index is 0.377. The number of rotatable bonds is 11. The number of benzene rings is 10. The minimum atomic E-state index is 0.377. The van der Waals surface area contributed by atoms with E-state index in [0.717, 1.165) is 66.8 Å². The highest BCUT2D eigenvalue weighted by Crippen LogP contribution is 2.46. The summed E-state index contributed by atoms with van der Waals surface area (Å²) in [5.74, 6) is 1.27. The number of nitrogens with zero attached hydrogens (tertiary/aromatic N) is 2. The number of furan rings is 1. The maximum Gasteiger partial charge on any atom is 0.136 e. The van der Waals surface area contributed by atoms with Gasteiger partial charge in [0.25, 0.3) is 0 Å². The lowest BCUT2D eigenvalue weighted by Gasteiger charge is -2.29. The summed E-state index contributed by atoms with van der Waals surface area (Å²) >= 11 is 0. The lowest BCUT2D eigenvalue weighted by Crippen LogP contribution is -2.12. The third kappa shape index (κ3) is 7.98. The van der Waals surface area contributed by atoms with Gasteiger partial charge in [0.15, 0.2) is 0 Å². The molecule has 68 heavy (non-hydrogen) atoms. The zero-order valence-electron chi connectivity index (χ0n) is 39.7. The van der Waals surface area contributed by atoms with Crippen LogP contribution < -0.4 is 9.80 Å². The summed E-state index contributed by atoms with van der Waals surface area (Å²) < 4.78 is 6.85. The molecule has 0 spiro atoms. The molecule has 3 heteroatoms. The smallest absolute Gasteiger partial charge is 0.136 e. The van der Waals surface area contributed by atoms with Gasteiger partial charge in [0.1, 0.15) is 11.2 Å². The maximum atomic E-state index is 6.85. The lowest BCUT2D eigenvalue weighted by molar-refractivity contribution is 0.670. The van der Waals surface area contributed by atoms with Crippen LogP contribution >= 0.6 is 0 Å². The average molecular weight is 881 g/mol. The summed E-state index contributed by atoms with van der Waals surface area (Å²) in [6, 6.07) is 78.0. The number of fused-ring (bicyclic) bond motifs is 5. The Morgan fingerprint density at radius 1 is 0.309 bits per heavy atom. The van der Waals surface area contributed by atoms with Crippen LogP contribution in [-0.4, -0.2) is 0 Å². The van der Waals surface area contributed by atoms with Gasteiger partial charge in [-0.1, -0.05) is 169 Å². The summed E-state index contributed by atoms with van der Waals surface area (Å²) in [4.78, 5) is 4.83. The maximum absolute atomic E-state index is 6.85. The topological polar surface area (TPSA) is 19.6 Å². The van der Waals surface area contributed by atoms with Gasteiger partial charge in [-0.05, 0) is 152 Å². The molecular formula is C65H56N2O. The van der Waals surface area contributed by atoms with E-state index < -0.39 is 0 Å².